The van der Waals surface area contributed by atoms with Gasteiger partial charge in [0, 0.05) is 26.7 Å². The molecule has 0 saturated carbocycles. The monoisotopic (exact) mass is 286 g/mol. The molecule has 6 heteroatoms. The quantitative estimate of drug-likeness (QED) is 0.525. The highest BCUT2D eigenvalue weighted by Crippen LogP contribution is 2.26. The van der Waals surface area contributed by atoms with E-state index in [0.29, 0.717) is 12.8 Å². The summed E-state index contributed by atoms with van der Waals surface area (Å²) < 4.78 is 9.00. The molecule has 0 amide bonds. The van der Waals surface area contributed by atoms with Crippen LogP contribution in [-0.4, -0.2) is 23.9 Å². The summed E-state index contributed by atoms with van der Waals surface area (Å²) in [5, 5.41) is 0. The number of hydrogen-bond acceptors (Lipinski definition) is 6. The van der Waals surface area contributed by atoms with Gasteiger partial charge in [0.25, 0.3) is 0 Å². The molecule has 0 spiro atoms. The van der Waals surface area contributed by atoms with Crippen LogP contribution in [0, 0.1) is 11.8 Å². The van der Waals surface area contributed by atoms with Crippen molar-refractivity contribution in [2.24, 2.45) is 11.8 Å². The highest BCUT2D eigenvalue weighted by Gasteiger charge is 2.26. The van der Waals surface area contributed by atoms with Gasteiger partial charge in [-0.1, -0.05) is 26.7 Å². The maximum absolute atomic E-state index is 11.5. The van der Waals surface area contributed by atoms with Crippen molar-refractivity contribution in [1.82, 2.24) is 0 Å². The van der Waals surface area contributed by atoms with E-state index in [4.69, 9.17) is 0 Å². The number of ether oxygens (including phenoxy) is 2. The Morgan fingerprint density at radius 2 is 1.05 bits per heavy atom. The van der Waals surface area contributed by atoms with Crippen LogP contribution in [-0.2, 0) is 28.7 Å². The minimum Gasteiger partial charge on any atom is -0.393 e. The third-order valence-electron chi connectivity index (χ3n) is 3.09. The average Bonchev–Trinajstić information content (AvgIpc) is 2.31. The molecular formula is C14H22O6. The van der Waals surface area contributed by atoms with Crippen molar-refractivity contribution in [3.8, 4) is 0 Å². The second-order valence-corrected chi connectivity index (χ2v) is 4.68. The Bertz CT molecular complexity index is 338. The van der Waals surface area contributed by atoms with E-state index in [-0.39, 0.29) is 24.7 Å². The summed E-state index contributed by atoms with van der Waals surface area (Å²) in [5.41, 5.74) is 0. The highest BCUT2D eigenvalue weighted by molar-refractivity contribution is 5.85. The number of rotatable bonds is 7. The molecule has 0 aromatic rings. The van der Waals surface area contributed by atoms with E-state index in [9.17, 15) is 19.2 Å². The zero-order valence-corrected chi connectivity index (χ0v) is 12.4. The van der Waals surface area contributed by atoms with E-state index in [1.807, 2.05) is 13.8 Å². The molecule has 0 radical (unpaired) electrons. The zero-order valence-electron chi connectivity index (χ0n) is 12.4. The largest absolute Gasteiger partial charge is 0.393 e. The Kier molecular flexibility index (Phi) is 8.43. The predicted octanol–water partition coefficient (Wildman–Crippen LogP) is 2.00. The number of carbonyl (C=O) groups is 4. The summed E-state index contributed by atoms with van der Waals surface area (Å²) in [4.78, 5) is 44.4. The van der Waals surface area contributed by atoms with Gasteiger partial charge in [-0.25, -0.2) is 0 Å². The lowest BCUT2D eigenvalue weighted by Crippen LogP contribution is -2.23. The van der Waals surface area contributed by atoms with Crippen LogP contribution in [0.25, 0.3) is 0 Å². The fourth-order valence-corrected chi connectivity index (χ4v) is 2.12. The lowest BCUT2D eigenvalue weighted by Gasteiger charge is -2.23. The van der Waals surface area contributed by atoms with Crippen molar-refractivity contribution < 1.29 is 28.7 Å². The molecule has 0 fully saturated rings. The molecule has 0 aliphatic rings. The maximum Gasteiger partial charge on any atom is 0.313 e. The van der Waals surface area contributed by atoms with Crippen LogP contribution in [0.4, 0.5) is 0 Å². The first kappa shape index (κ1) is 18.3. The lowest BCUT2D eigenvalue weighted by atomic mass is 9.83. The van der Waals surface area contributed by atoms with Crippen LogP contribution in [0.3, 0.4) is 0 Å². The summed E-state index contributed by atoms with van der Waals surface area (Å²) in [6.45, 7) is 6.12. The van der Waals surface area contributed by atoms with Gasteiger partial charge >= 0.3 is 23.9 Å². The number of carbonyl (C=O) groups excluding carboxylic acids is 4. The predicted molar refractivity (Wildman–Crippen MR) is 70.3 cm³/mol. The van der Waals surface area contributed by atoms with Crippen molar-refractivity contribution in [2.75, 3.05) is 0 Å². The molecule has 0 rings (SSSR count). The molecule has 0 bridgehead atoms. The number of esters is 4. The van der Waals surface area contributed by atoms with Crippen molar-refractivity contribution >= 4 is 23.9 Å². The molecule has 0 aromatic heterocycles. The third kappa shape index (κ3) is 7.66. The Labute approximate surface area is 118 Å². The van der Waals surface area contributed by atoms with Crippen molar-refractivity contribution in [3.63, 3.8) is 0 Å². The minimum atomic E-state index is -0.645. The van der Waals surface area contributed by atoms with Gasteiger partial charge in [0.2, 0.25) is 0 Å². The molecular weight excluding hydrogens is 264 g/mol. The standard InChI is InChI=1S/C14H22O6/c1-5-11(7-13(17)19-9(3)15)12(6-2)8-14(18)20-10(4)16/h11-12H,5-8H2,1-4H3. The molecule has 2 atom stereocenters. The molecule has 0 aromatic carbocycles. The zero-order chi connectivity index (χ0) is 15.7. The van der Waals surface area contributed by atoms with E-state index in [1.54, 1.807) is 0 Å². The summed E-state index contributed by atoms with van der Waals surface area (Å²) in [5.74, 6) is -2.66. The van der Waals surface area contributed by atoms with Crippen LogP contribution >= 0.6 is 0 Å². The third-order valence-corrected chi connectivity index (χ3v) is 3.09. The van der Waals surface area contributed by atoms with Crippen LogP contribution in [0.1, 0.15) is 53.4 Å². The smallest absolute Gasteiger partial charge is 0.313 e. The van der Waals surface area contributed by atoms with Gasteiger partial charge in [0.15, 0.2) is 0 Å². The van der Waals surface area contributed by atoms with Crippen molar-refractivity contribution in [1.29, 1.82) is 0 Å². The summed E-state index contributed by atoms with van der Waals surface area (Å²) in [6.07, 6.45) is 1.47. The molecule has 0 heterocycles. The maximum atomic E-state index is 11.5. The average molecular weight is 286 g/mol. The molecule has 0 aliphatic carbocycles. The first-order valence-corrected chi connectivity index (χ1v) is 6.72. The number of hydrogen-bond donors (Lipinski definition) is 0. The van der Waals surface area contributed by atoms with Gasteiger partial charge in [-0.3, -0.25) is 19.2 Å². The van der Waals surface area contributed by atoms with Gasteiger partial charge in [-0.2, -0.15) is 0 Å². The normalized spacial score (nSPS) is 13.2. The SMILES string of the molecule is CCC(CC(=O)OC(C)=O)C(CC)CC(=O)OC(C)=O. The Hall–Kier alpha value is -1.72. The summed E-state index contributed by atoms with van der Waals surface area (Å²) in [6, 6.07) is 0. The molecule has 6 nitrogen and oxygen atoms in total. The summed E-state index contributed by atoms with van der Waals surface area (Å²) >= 11 is 0. The fourth-order valence-electron chi connectivity index (χ4n) is 2.12. The van der Waals surface area contributed by atoms with Gasteiger partial charge in [0.1, 0.15) is 0 Å². The second-order valence-electron chi connectivity index (χ2n) is 4.68. The molecule has 0 N–H and O–H groups in total. The van der Waals surface area contributed by atoms with Crippen LogP contribution < -0.4 is 0 Å². The molecule has 0 aliphatic heterocycles. The van der Waals surface area contributed by atoms with E-state index in [0.717, 1.165) is 0 Å². The second kappa shape index (κ2) is 9.23. The van der Waals surface area contributed by atoms with Crippen LogP contribution in [0.2, 0.25) is 0 Å². The van der Waals surface area contributed by atoms with Crippen LogP contribution in [0.15, 0.2) is 0 Å². The molecule has 0 saturated heterocycles. The molecule has 114 valence electrons. The van der Waals surface area contributed by atoms with Gasteiger partial charge in [0.05, 0.1) is 0 Å². The Morgan fingerprint density at radius 1 is 0.750 bits per heavy atom. The topological polar surface area (TPSA) is 86.7 Å². The van der Waals surface area contributed by atoms with Gasteiger partial charge < -0.3 is 9.47 Å². The van der Waals surface area contributed by atoms with E-state index in [1.165, 1.54) is 13.8 Å². The van der Waals surface area contributed by atoms with Crippen LogP contribution in [0.5, 0.6) is 0 Å². The Balaban J connectivity index is 4.56. The van der Waals surface area contributed by atoms with Gasteiger partial charge in [-0.15, -0.1) is 0 Å². The summed E-state index contributed by atoms with van der Waals surface area (Å²) in [7, 11) is 0. The fraction of sp³-hybridized carbons (Fsp3) is 0.714. The van der Waals surface area contributed by atoms with Crippen molar-refractivity contribution in [2.45, 2.75) is 53.4 Å². The highest BCUT2D eigenvalue weighted by atomic mass is 16.6. The minimum absolute atomic E-state index is 0.0714. The first-order chi connectivity index (χ1) is 9.29. The first-order valence-electron chi connectivity index (χ1n) is 6.72. The van der Waals surface area contributed by atoms with E-state index >= 15 is 0 Å². The van der Waals surface area contributed by atoms with Gasteiger partial charge in [-0.05, 0) is 11.8 Å². The Morgan fingerprint density at radius 3 is 1.25 bits per heavy atom. The van der Waals surface area contributed by atoms with E-state index < -0.39 is 23.9 Å². The lowest BCUT2D eigenvalue weighted by molar-refractivity contribution is -0.162. The molecule has 2 unspecified atom stereocenters. The molecule has 20 heavy (non-hydrogen) atoms. The van der Waals surface area contributed by atoms with E-state index in [2.05, 4.69) is 9.47 Å². The van der Waals surface area contributed by atoms with Crippen molar-refractivity contribution in [3.05, 3.63) is 0 Å².